The normalized spacial score (nSPS) is 11.8. The number of rotatable bonds is 4. The zero-order chi connectivity index (χ0) is 15.5. The fraction of sp³-hybridized carbons (Fsp3) is 0.462. The lowest BCUT2D eigenvalue weighted by molar-refractivity contribution is 0.253. The summed E-state index contributed by atoms with van der Waals surface area (Å²) in [4.78, 5) is 29.2. The lowest BCUT2D eigenvalue weighted by Gasteiger charge is -2.20. The van der Waals surface area contributed by atoms with Crippen LogP contribution >= 0.6 is 7.75 Å². The summed E-state index contributed by atoms with van der Waals surface area (Å²) >= 11 is 0. The fourth-order valence-corrected chi connectivity index (χ4v) is 2.29. The molecular formula is C13H21N2O4P. The first kappa shape index (κ1) is 16.7. The van der Waals surface area contributed by atoms with E-state index in [1.54, 1.807) is 5.09 Å². The van der Waals surface area contributed by atoms with Crippen LogP contribution in [0, 0.1) is 0 Å². The van der Waals surface area contributed by atoms with E-state index in [-0.39, 0.29) is 11.8 Å². The van der Waals surface area contributed by atoms with Crippen molar-refractivity contribution < 1.29 is 19.1 Å². The molecule has 7 heteroatoms. The maximum absolute atomic E-state index is 11.7. The minimum atomic E-state index is -4.60. The van der Waals surface area contributed by atoms with Crippen molar-refractivity contribution in [1.82, 2.24) is 5.09 Å². The number of nitrogens with one attached hydrogen (secondary N) is 2. The van der Waals surface area contributed by atoms with Crippen LogP contribution in [0.4, 0.5) is 10.5 Å². The van der Waals surface area contributed by atoms with Crippen molar-refractivity contribution in [2.24, 2.45) is 0 Å². The standard InChI is InChI=1S/C13H21N2O4P/c1-8(2)10-6-5-7-11(9(3)4)12(10)14-13(16)15-20(17,18)19/h5-9H,1-4H3,(H4,14,15,16,17,18,19). The lowest BCUT2D eigenvalue weighted by Crippen LogP contribution is -2.27. The van der Waals surface area contributed by atoms with Gasteiger partial charge >= 0.3 is 13.8 Å². The second-order valence-electron chi connectivity index (χ2n) is 5.23. The van der Waals surface area contributed by atoms with Gasteiger partial charge in [0, 0.05) is 5.69 Å². The number of carbonyl (C=O) groups excluding carboxylic acids is 1. The third-order valence-corrected chi connectivity index (χ3v) is 3.35. The SMILES string of the molecule is CC(C)c1cccc(C(C)C)c1NC(=O)NP(=O)(O)O. The monoisotopic (exact) mass is 300 g/mol. The molecule has 0 saturated heterocycles. The maximum atomic E-state index is 11.7. The van der Waals surface area contributed by atoms with Gasteiger partial charge < -0.3 is 15.1 Å². The van der Waals surface area contributed by atoms with Crippen molar-refractivity contribution >= 4 is 19.5 Å². The number of hydrogen-bond donors (Lipinski definition) is 4. The second-order valence-corrected chi connectivity index (χ2v) is 6.54. The Kier molecular flexibility index (Phi) is 5.34. The Hall–Kier alpha value is -1.36. The van der Waals surface area contributed by atoms with Gasteiger partial charge in [-0.2, -0.15) is 0 Å². The molecule has 112 valence electrons. The number of anilines is 1. The van der Waals surface area contributed by atoms with Crippen LogP contribution in [0.3, 0.4) is 0 Å². The summed E-state index contributed by atoms with van der Waals surface area (Å²) in [6.45, 7) is 7.97. The summed E-state index contributed by atoms with van der Waals surface area (Å²) < 4.78 is 10.8. The fourth-order valence-electron chi connectivity index (χ4n) is 1.97. The number of amides is 2. The molecule has 20 heavy (non-hydrogen) atoms. The first-order chi connectivity index (χ1) is 9.11. The largest absolute Gasteiger partial charge is 0.431 e. The van der Waals surface area contributed by atoms with Gasteiger partial charge in [-0.3, -0.25) is 0 Å². The molecule has 0 radical (unpaired) electrons. The molecular weight excluding hydrogens is 279 g/mol. The Morgan fingerprint density at radius 2 is 1.55 bits per heavy atom. The van der Waals surface area contributed by atoms with Crippen molar-refractivity contribution in [2.45, 2.75) is 39.5 Å². The van der Waals surface area contributed by atoms with Crippen LogP contribution in [0.1, 0.15) is 50.7 Å². The van der Waals surface area contributed by atoms with Crippen LogP contribution in [0.25, 0.3) is 0 Å². The smallest absolute Gasteiger partial charge is 0.308 e. The van der Waals surface area contributed by atoms with E-state index in [9.17, 15) is 9.36 Å². The van der Waals surface area contributed by atoms with Crippen molar-refractivity contribution in [1.29, 1.82) is 0 Å². The minimum Gasteiger partial charge on any atom is -0.308 e. The zero-order valence-corrected chi connectivity index (χ0v) is 12.9. The first-order valence-electron chi connectivity index (χ1n) is 6.39. The summed E-state index contributed by atoms with van der Waals surface area (Å²) in [6.07, 6.45) is 0. The molecule has 0 fully saturated rings. The van der Waals surface area contributed by atoms with E-state index in [0.29, 0.717) is 5.69 Å². The van der Waals surface area contributed by atoms with E-state index < -0.39 is 13.8 Å². The lowest BCUT2D eigenvalue weighted by atomic mass is 9.93. The van der Waals surface area contributed by atoms with E-state index in [1.165, 1.54) is 0 Å². The van der Waals surface area contributed by atoms with Crippen LogP contribution in [0.5, 0.6) is 0 Å². The molecule has 1 aromatic rings. The van der Waals surface area contributed by atoms with Crippen LogP contribution in [-0.2, 0) is 4.57 Å². The van der Waals surface area contributed by atoms with Crippen LogP contribution < -0.4 is 10.4 Å². The number of para-hydroxylation sites is 1. The van der Waals surface area contributed by atoms with Gasteiger partial charge in [0.2, 0.25) is 0 Å². The highest BCUT2D eigenvalue weighted by atomic mass is 31.2. The zero-order valence-electron chi connectivity index (χ0n) is 12.0. The molecule has 0 heterocycles. The van der Waals surface area contributed by atoms with E-state index in [4.69, 9.17) is 9.79 Å². The molecule has 0 aliphatic heterocycles. The van der Waals surface area contributed by atoms with Gasteiger partial charge in [-0.1, -0.05) is 45.9 Å². The highest BCUT2D eigenvalue weighted by Gasteiger charge is 2.20. The van der Waals surface area contributed by atoms with Crippen LogP contribution in [0.15, 0.2) is 18.2 Å². The van der Waals surface area contributed by atoms with E-state index >= 15 is 0 Å². The third kappa shape index (κ3) is 4.63. The molecule has 0 aromatic heterocycles. The van der Waals surface area contributed by atoms with Gasteiger partial charge in [-0.15, -0.1) is 0 Å². The van der Waals surface area contributed by atoms with E-state index in [0.717, 1.165) is 11.1 Å². The molecule has 0 atom stereocenters. The highest BCUT2D eigenvalue weighted by molar-refractivity contribution is 7.50. The number of benzene rings is 1. The molecule has 4 N–H and O–H groups in total. The quantitative estimate of drug-likeness (QED) is 0.642. The Balaban J connectivity index is 3.14. The predicted molar refractivity (Wildman–Crippen MR) is 78.8 cm³/mol. The van der Waals surface area contributed by atoms with Gasteiger partial charge in [0.15, 0.2) is 0 Å². The van der Waals surface area contributed by atoms with Gasteiger partial charge in [0.1, 0.15) is 0 Å². The topological polar surface area (TPSA) is 98.7 Å². The molecule has 2 amide bonds. The summed E-state index contributed by atoms with van der Waals surface area (Å²) in [5.41, 5.74) is 2.47. The number of urea groups is 1. The predicted octanol–water partition coefficient (Wildman–Crippen LogP) is 3.15. The summed E-state index contributed by atoms with van der Waals surface area (Å²) in [7, 11) is -4.60. The Morgan fingerprint density at radius 1 is 1.10 bits per heavy atom. The van der Waals surface area contributed by atoms with Crippen LogP contribution in [-0.4, -0.2) is 15.8 Å². The Morgan fingerprint density at radius 3 is 1.90 bits per heavy atom. The average molecular weight is 300 g/mol. The molecule has 0 aliphatic rings. The molecule has 1 aromatic carbocycles. The summed E-state index contributed by atoms with van der Waals surface area (Å²) in [5.74, 6) is 0.359. The molecule has 0 bridgehead atoms. The molecule has 1 rings (SSSR count). The maximum Gasteiger partial charge on any atom is 0.431 e. The summed E-state index contributed by atoms with van der Waals surface area (Å²) in [6, 6.07) is 4.79. The van der Waals surface area contributed by atoms with Crippen LogP contribution in [0.2, 0.25) is 0 Å². The van der Waals surface area contributed by atoms with E-state index in [2.05, 4.69) is 5.32 Å². The Labute approximate surface area is 118 Å². The van der Waals surface area contributed by atoms with Gasteiger partial charge in [-0.05, 0) is 23.0 Å². The second kappa shape index (κ2) is 6.39. The molecule has 6 nitrogen and oxygen atoms in total. The first-order valence-corrected chi connectivity index (χ1v) is 8.00. The number of hydrogen-bond acceptors (Lipinski definition) is 2. The molecule has 0 spiro atoms. The molecule has 0 saturated carbocycles. The third-order valence-electron chi connectivity index (χ3n) is 2.86. The minimum absolute atomic E-state index is 0.180. The van der Waals surface area contributed by atoms with Gasteiger partial charge in [-0.25, -0.2) is 14.4 Å². The van der Waals surface area contributed by atoms with Gasteiger partial charge in [0.05, 0.1) is 0 Å². The molecule has 0 aliphatic carbocycles. The van der Waals surface area contributed by atoms with Crippen molar-refractivity contribution in [2.75, 3.05) is 5.32 Å². The van der Waals surface area contributed by atoms with Crippen molar-refractivity contribution in [3.63, 3.8) is 0 Å². The highest BCUT2D eigenvalue weighted by Crippen LogP contribution is 2.33. The van der Waals surface area contributed by atoms with Crippen molar-refractivity contribution in [3.8, 4) is 0 Å². The number of carbonyl (C=O) groups is 1. The van der Waals surface area contributed by atoms with E-state index in [1.807, 2.05) is 45.9 Å². The molecule has 0 unspecified atom stereocenters. The van der Waals surface area contributed by atoms with Gasteiger partial charge in [0.25, 0.3) is 0 Å². The average Bonchev–Trinajstić information content (AvgIpc) is 2.25. The Bertz CT molecular complexity index is 511. The van der Waals surface area contributed by atoms with Crippen molar-refractivity contribution in [3.05, 3.63) is 29.3 Å². The summed E-state index contributed by atoms with van der Waals surface area (Å²) in [5, 5.41) is 4.17.